The molecule has 0 aromatic carbocycles. The van der Waals surface area contributed by atoms with E-state index in [2.05, 4.69) is 45.0 Å². The van der Waals surface area contributed by atoms with Gasteiger partial charge in [0.2, 0.25) is 0 Å². The van der Waals surface area contributed by atoms with E-state index in [1.54, 1.807) is 0 Å². The summed E-state index contributed by atoms with van der Waals surface area (Å²) < 4.78 is 0. The highest BCUT2D eigenvalue weighted by molar-refractivity contribution is 4.92. The van der Waals surface area contributed by atoms with Crippen molar-refractivity contribution in [2.75, 3.05) is 20.1 Å². The lowest BCUT2D eigenvalue weighted by Crippen LogP contribution is -2.55. The molecule has 1 heterocycles. The Bertz CT molecular complexity index is 177. The first-order valence-corrected chi connectivity index (χ1v) is 5.92. The van der Waals surface area contributed by atoms with Gasteiger partial charge in [0.15, 0.2) is 0 Å². The number of hydrogen-bond donors (Lipinski definition) is 1. The molecule has 1 rings (SSSR count). The van der Waals surface area contributed by atoms with E-state index in [9.17, 15) is 0 Å². The monoisotopic (exact) mass is 198 g/mol. The van der Waals surface area contributed by atoms with Crippen molar-refractivity contribution in [2.45, 2.75) is 52.6 Å². The van der Waals surface area contributed by atoms with Crippen molar-refractivity contribution in [1.29, 1.82) is 0 Å². The molecule has 84 valence electrons. The summed E-state index contributed by atoms with van der Waals surface area (Å²) in [6.07, 6.45) is 2.55. The third-order valence-corrected chi connectivity index (χ3v) is 3.82. The van der Waals surface area contributed by atoms with Crippen molar-refractivity contribution >= 4 is 0 Å². The van der Waals surface area contributed by atoms with Crippen LogP contribution >= 0.6 is 0 Å². The summed E-state index contributed by atoms with van der Waals surface area (Å²) in [5.74, 6) is 0. The Labute approximate surface area is 89.1 Å². The van der Waals surface area contributed by atoms with Gasteiger partial charge in [-0.2, -0.15) is 0 Å². The summed E-state index contributed by atoms with van der Waals surface area (Å²) in [5.41, 5.74) is 0.413. The van der Waals surface area contributed by atoms with E-state index < -0.39 is 0 Å². The molecule has 0 bridgehead atoms. The highest BCUT2D eigenvalue weighted by Crippen LogP contribution is 2.30. The maximum atomic E-state index is 3.44. The van der Waals surface area contributed by atoms with Crippen LogP contribution in [0.2, 0.25) is 0 Å². The molecule has 1 saturated heterocycles. The maximum Gasteiger partial charge on any atom is 0.0140 e. The van der Waals surface area contributed by atoms with Crippen LogP contribution in [0.1, 0.15) is 40.5 Å². The van der Waals surface area contributed by atoms with E-state index in [0.29, 0.717) is 11.5 Å². The van der Waals surface area contributed by atoms with E-state index in [-0.39, 0.29) is 0 Å². The summed E-state index contributed by atoms with van der Waals surface area (Å²) in [4.78, 5) is 2.63. The maximum absolute atomic E-state index is 3.44. The summed E-state index contributed by atoms with van der Waals surface area (Å²) >= 11 is 0. The van der Waals surface area contributed by atoms with Crippen molar-refractivity contribution in [3.8, 4) is 0 Å². The summed E-state index contributed by atoms with van der Waals surface area (Å²) in [6.45, 7) is 11.9. The summed E-state index contributed by atoms with van der Waals surface area (Å²) in [7, 11) is 2.09. The van der Waals surface area contributed by atoms with Crippen LogP contribution in [-0.2, 0) is 0 Å². The SMILES string of the molecule is CCC(C)N1CCC(NC)C(C)(C)C1. The highest BCUT2D eigenvalue weighted by atomic mass is 15.2. The zero-order valence-electron chi connectivity index (χ0n) is 10.4. The minimum atomic E-state index is 0.413. The van der Waals surface area contributed by atoms with E-state index in [1.165, 1.54) is 25.9 Å². The number of nitrogens with zero attached hydrogens (tertiary/aromatic N) is 1. The third kappa shape index (κ3) is 2.48. The second-order valence-electron chi connectivity index (χ2n) is 5.35. The lowest BCUT2D eigenvalue weighted by molar-refractivity contribution is 0.0543. The molecule has 0 aromatic rings. The van der Waals surface area contributed by atoms with E-state index in [0.717, 1.165) is 6.04 Å². The molecule has 1 aliphatic rings. The van der Waals surface area contributed by atoms with E-state index in [1.807, 2.05) is 0 Å². The molecule has 0 aliphatic carbocycles. The van der Waals surface area contributed by atoms with Crippen LogP contribution in [-0.4, -0.2) is 37.1 Å². The van der Waals surface area contributed by atoms with Crippen LogP contribution in [0.5, 0.6) is 0 Å². The normalized spacial score (nSPS) is 30.2. The molecule has 1 aliphatic heterocycles. The first-order chi connectivity index (χ1) is 6.51. The van der Waals surface area contributed by atoms with Crippen LogP contribution in [0, 0.1) is 5.41 Å². The Morgan fingerprint density at radius 3 is 2.57 bits per heavy atom. The van der Waals surface area contributed by atoms with Gasteiger partial charge in [-0.3, -0.25) is 0 Å². The Morgan fingerprint density at radius 1 is 1.50 bits per heavy atom. The van der Waals surface area contributed by atoms with Crippen LogP contribution in [0.3, 0.4) is 0 Å². The highest BCUT2D eigenvalue weighted by Gasteiger charge is 2.35. The lowest BCUT2D eigenvalue weighted by Gasteiger charge is -2.46. The molecule has 14 heavy (non-hydrogen) atoms. The Kier molecular flexibility index (Phi) is 3.96. The van der Waals surface area contributed by atoms with Gasteiger partial charge in [-0.25, -0.2) is 0 Å². The molecule has 2 unspecified atom stereocenters. The van der Waals surface area contributed by atoms with Gasteiger partial charge >= 0.3 is 0 Å². The number of piperidine rings is 1. The largest absolute Gasteiger partial charge is 0.316 e. The predicted molar refractivity (Wildman–Crippen MR) is 62.6 cm³/mol. The minimum absolute atomic E-state index is 0.413. The van der Waals surface area contributed by atoms with Gasteiger partial charge in [0.05, 0.1) is 0 Å². The van der Waals surface area contributed by atoms with Crippen LogP contribution in [0.25, 0.3) is 0 Å². The number of rotatable bonds is 3. The molecule has 0 saturated carbocycles. The Hall–Kier alpha value is -0.0800. The Balaban J connectivity index is 2.58. The quantitative estimate of drug-likeness (QED) is 0.747. The average Bonchev–Trinajstić information content (AvgIpc) is 2.15. The van der Waals surface area contributed by atoms with Gasteiger partial charge in [0, 0.05) is 18.6 Å². The predicted octanol–water partition coefficient (Wildman–Crippen LogP) is 2.10. The van der Waals surface area contributed by atoms with Crippen LogP contribution in [0.15, 0.2) is 0 Å². The molecular weight excluding hydrogens is 172 g/mol. The van der Waals surface area contributed by atoms with Crippen LogP contribution < -0.4 is 5.32 Å². The second kappa shape index (κ2) is 4.63. The fourth-order valence-electron chi connectivity index (χ4n) is 2.57. The molecule has 2 heteroatoms. The van der Waals surface area contributed by atoms with E-state index >= 15 is 0 Å². The summed E-state index contributed by atoms with van der Waals surface area (Å²) in [6, 6.07) is 1.43. The molecule has 1 fully saturated rings. The topological polar surface area (TPSA) is 15.3 Å². The zero-order valence-corrected chi connectivity index (χ0v) is 10.4. The van der Waals surface area contributed by atoms with E-state index in [4.69, 9.17) is 0 Å². The smallest absolute Gasteiger partial charge is 0.0140 e. The summed E-state index contributed by atoms with van der Waals surface area (Å²) in [5, 5.41) is 3.44. The van der Waals surface area contributed by atoms with Crippen molar-refractivity contribution in [3.63, 3.8) is 0 Å². The van der Waals surface area contributed by atoms with Crippen molar-refractivity contribution < 1.29 is 0 Å². The van der Waals surface area contributed by atoms with Crippen molar-refractivity contribution in [1.82, 2.24) is 10.2 Å². The van der Waals surface area contributed by atoms with Crippen molar-refractivity contribution in [2.24, 2.45) is 5.41 Å². The molecule has 0 amide bonds. The van der Waals surface area contributed by atoms with Crippen LogP contribution in [0.4, 0.5) is 0 Å². The molecule has 1 N–H and O–H groups in total. The fraction of sp³-hybridized carbons (Fsp3) is 1.00. The van der Waals surface area contributed by atoms with Gasteiger partial charge in [-0.1, -0.05) is 20.8 Å². The number of hydrogen-bond acceptors (Lipinski definition) is 2. The van der Waals surface area contributed by atoms with Gasteiger partial charge in [-0.05, 0) is 38.8 Å². The van der Waals surface area contributed by atoms with Gasteiger partial charge in [0.25, 0.3) is 0 Å². The molecule has 2 atom stereocenters. The minimum Gasteiger partial charge on any atom is -0.316 e. The number of nitrogens with one attached hydrogen (secondary N) is 1. The van der Waals surface area contributed by atoms with Gasteiger partial charge in [-0.15, -0.1) is 0 Å². The van der Waals surface area contributed by atoms with Crippen molar-refractivity contribution in [3.05, 3.63) is 0 Å². The molecular formula is C12H26N2. The van der Waals surface area contributed by atoms with Gasteiger partial charge < -0.3 is 10.2 Å². The first-order valence-electron chi connectivity index (χ1n) is 5.92. The Morgan fingerprint density at radius 2 is 2.14 bits per heavy atom. The molecule has 0 spiro atoms. The molecule has 0 aromatic heterocycles. The molecule has 0 radical (unpaired) electrons. The zero-order chi connectivity index (χ0) is 10.8. The lowest BCUT2D eigenvalue weighted by atomic mass is 9.78. The fourth-order valence-corrected chi connectivity index (χ4v) is 2.57. The average molecular weight is 198 g/mol. The standard InChI is InChI=1S/C12H26N2/c1-6-10(2)14-8-7-11(13-5)12(3,4)9-14/h10-11,13H,6-9H2,1-5H3. The number of likely N-dealkylation sites (tertiary alicyclic amines) is 1. The van der Waals surface area contributed by atoms with Gasteiger partial charge in [0.1, 0.15) is 0 Å². The first kappa shape index (κ1) is 12.0. The second-order valence-corrected chi connectivity index (χ2v) is 5.35. The third-order valence-electron chi connectivity index (χ3n) is 3.82. The molecule has 2 nitrogen and oxygen atoms in total.